The van der Waals surface area contributed by atoms with Crippen LogP contribution in [0.5, 0.6) is 0 Å². The first kappa shape index (κ1) is 17.0. The number of aliphatic carboxylic acids is 1. The highest BCUT2D eigenvalue weighted by atomic mass is 32.2. The summed E-state index contributed by atoms with van der Waals surface area (Å²) in [5.74, 6) is -2.30. The summed E-state index contributed by atoms with van der Waals surface area (Å²) in [6.07, 6.45) is 0.0187. The van der Waals surface area contributed by atoms with E-state index < -0.39 is 23.2 Å². The van der Waals surface area contributed by atoms with Gasteiger partial charge in [0.15, 0.2) is 0 Å². The van der Waals surface area contributed by atoms with Crippen LogP contribution in [0.3, 0.4) is 0 Å². The number of nitrogens with one attached hydrogen (secondary N) is 1. The summed E-state index contributed by atoms with van der Waals surface area (Å²) in [7, 11) is 0. The lowest BCUT2D eigenvalue weighted by molar-refractivity contribution is -0.140. The zero-order valence-electron chi connectivity index (χ0n) is 12.4. The molecule has 1 aromatic carbocycles. The molecule has 2 N–H and O–H groups in total. The average Bonchev–Trinajstić information content (AvgIpc) is 2.78. The lowest BCUT2D eigenvalue weighted by atomic mass is 10.3. The van der Waals surface area contributed by atoms with E-state index in [1.807, 2.05) is 0 Å². The Labute approximate surface area is 137 Å². The summed E-state index contributed by atoms with van der Waals surface area (Å²) in [6.45, 7) is 1.22. The Kier molecular flexibility index (Phi) is 5.38. The highest BCUT2D eigenvalue weighted by molar-refractivity contribution is 8.00. The Morgan fingerprint density at radius 2 is 2.00 bits per heavy atom. The molecule has 2 rings (SSSR count). The van der Waals surface area contributed by atoms with Crippen LogP contribution in [-0.2, 0) is 19.2 Å². The van der Waals surface area contributed by atoms with E-state index in [2.05, 4.69) is 5.32 Å². The Bertz CT molecular complexity index is 634. The summed E-state index contributed by atoms with van der Waals surface area (Å²) >= 11 is 1.07. The van der Waals surface area contributed by atoms with E-state index in [9.17, 15) is 19.2 Å². The molecule has 0 saturated carbocycles. The molecular formula is C15H16N2O5S. The number of anilines is 1. The molecule has 1 aliphatic rings. The first-order chi connectivity index (χ1) is 10.9. The van der Waals surface area contributed by atoms with Crippen molar-refractivity contribution in [2.75, 3.05) is 10.7 Å². The summed E-state index contributed by atoms with van der Waals surface area (Å²) < 4.78 is 0. The fraction of sp³-hybridized carbons (Fsp3) is 0.333. The lowest BCUT2D eigenvalue weighted by Gasteiger charge is -2.16. The van der Waals surface area contributed by atoms with Crippen molar-refractivity contribution >= 4 is 41.1 Å². The number of carbonyl (C=O) groups excluding carboxylic acids is 3. The fourth-order valence-electron chi connectivity index (χ4n) is 2.22. The van der Waals surface area contributed by atoms with Gasteiger partial charge in [0, 0.05) is 19.1 Å². The SMILES string of the molecule is CC(=O)N[C@@H](CS[C@H]1CC(=O)N(c2ccccc2)C1=O)C(=O)O. The molecule has 0 unspecified atom stereocenters. The van der Waals surface area contributed by atoms with Crippen LogP contribution in [0.25, 0.3) is 0 Å². The van der Waals surface area contributed by atoms with Crippen molar-refractivity contribution in [3.05, 3.63) is 30.3 Å². The minimum Gasteiger partial charge on any atom is -0.480 e. The van der Waals surface area contributed by atoms with Crippen molar-refractivity contribution < 1.29 is 24.3 Å². The van der Waals surface area contributed by atoms with Crippen LogP contribution in [0.4, 0.5) is 5.69 Å². The highest BCUT2D eigenvalue weighted by Crippen LogP contribution is 2.29. The standard InChI is InChI=1S/C15H16N2O5S/c1-9(18)16-11(15(21)22)8-23-12-7-13(19)17(14(12)20)10-5-3-2-4-6-10/h2-6,11-12H,7-8H2,1H3,(H,16,18)(H,21,22)/t11-,12-/m0/s1. The van der Waals surface area contributed by atoms with Gasteiger partial charge in [0.05, 0.1) is 10.9 Å². The molecule has 0 bridgehead atoms. The molecule has 3 amide bonds. The summed E-state index contributed by atoms with van der Waals surface area (Å²) in [5.41, 5.74) is 0.502. The van der Waals surface area contributed by atoms with Gasteiger partial charge in [-0.1, -0.05) is 18.2 Å². The van der Waals surface area contributed by atoms with Crippen molar-refractivity contribution in [1.29, 1.82) is 0 Å². The van der Waals surface area contributed by atoms with E-state index in [1.165, 1.54) is 6.92 Å². The van der Waals surface area contributed by atoms with E-state index in [0.29, 0.717) is 5.69 Å². The molecular weight excluding hydrogens is 320 g/mol. The predicted molar refractivity (Wildman–Crippen MR) is 85.0 cm³/mol. The molecule has 8 heteroatoms. The molecule has 0 radical (unpaired) electrons. The number of carboxylic acids is 1. The number of hydrogen-bond acceptors (Lipinski definition) is 5. The van der Waals surface area contributed by atoms with Crippen LogP contribution < -0.4 is 10.2 Å². The zero-order valence-corrected chi connectivity index (χ0v) is 13.2. The van der Waals surface area contributed by atoms with Crippen molar-refractivity contribution in [1.82, 2.24) is 5.32 Å². The van der Waals surface area contributed by atoms with Crippen molar-refractivity contribution in [3.63, 3.8) is 0 Å². The van der Waals surface area contributed by atoms with Crippen molar-refractivity contribution in [3.8, 4) is 0 Å². The predicted octanol–water partition coefficient (Wildman–Crippen LogP) is 0.641. The smallest absolute Gasteiger partial charge is 0.327 e. The van der Waals surface area contributed by atoms with E-state index in [4.69, 9.17) is 5.11 Å². The number of para-hydroxylation sites is 1. The van der Waals surface area contributed by atoms with Gasteiger partial charge in [0.25, 0.3) is 0 Å². The number of carbonyl (C=O) groups is 4. The molecule has 0 spiro atoms. The Balaban J connectivity index is 2.02. The number of benzene rings is 1. The molecule has 0 aromatic heterocycles. The number of carboxylic acid groups (broad SMARTS) is 1. The van der Waals surface area contributed by atoms with E-state index in [1.54, 1.807) is 30.3 Å². The Morgan fingerprint density at radius 3 is 2.57 bits per heavy atom. The largest absolute Gasteiger partial charge is 0.480 e. The van der Waals surface area contributed by atoms with E-state index in [0.717, 1.165) is 16.7 Å². The first-order valence-corrected chi connectivity index (χ1v) is 7.98. The quantitative estimate of drug-likeness (QED) is 0.739. The summed E-state index contributed by atoms with van der Waals surface area (Å²) in [5, 5.41) is 10.7. The van der Waals surface area contributed by atoms with Gasteiger partial charge in [0.1, 0.15) is 6.04 Å². The van der Waals surface area contributed by atoms with Gasteiger partial charge in [0.2, 0.25) is 17.7 Å². The molecule has 1 heterocycles. The molecule has 1 fully saturated rings. The normalized spacial score (nSPS) is 18.8. The van der Waals surface area contributed by atoms with Crippen LogP contribution in [0, 0.1) is 0 Å². The van der Waals surface area contributed by atoms with Gasteiger partial charge in [-0.05, 0) is 12.1 Å². The van der Waals surface area contributed by atoms with Crippen molar-refractivity contribution in [2.45, 2.75) is 24.6 Å². The first-order valence-electron chi connectivity index (χ1n) is 6.93. The Morgan fingerprint density at radius 1 is 1.35 bits per heavy atom. The number of rotatable bonds is 6. The van der Waals surface area contributed by atoms with Gasteiger partial charge in [-0.15, -0.1) is 11.8 Å². The maximum absolute atomic E-state index is 12.4. The fourth-order valence-corrected chi connectivity index (χ4v) is 3.37. The highest BCUT2D eigenvalue weighted by Gasteiger charge is 2.40. The maximum Gasteiger partial charge on any atom is 0.327 e. The minimum atomic E-state index is -1.18. The second-order valence-electron chi connectivity index (χ2n) is 5.02. The average molecular weight is 336 g/mol. The van der Waals surface area contributed by atoms with Crippen LogP contribution in [0.2, 0.25) is 0 Å². The number of amides is 3. The summed E-state index contributed by atoms with van der Waals surface area (Å²) in [4.78, 5) is 47.6. The van der Waals surface area contributed by atoms with Gasteiger partial charge in [-0.3, -0.25) is 14.4 Å². The van der Waals surface area contributed by atoms with Crippen LogP contribution in [-0.4, -0.2) is 45.8 Å². The maximum atomic E-state index is 12.4. The number of nitrogens with zero attached hydrogens (tertiary/aromatic N) is 1. The molecule has 2 atom stereocenters. The zero-order chi connectivity index (χ0) is 17.0. The third-order valence-electron chi connectivity index (χ3n) is 3.26. The molecule has 1 saturated heterocycles. The minimum absolute atomic E-state index is 0.0151. The van der Waals surface area contributed by atoms with Crippen LogP contribution in [0.15, 0.2) is 30.3 Å². The Hall–Kier alpha value is -2.35. The third kappa shape index (κ3) is 4.10. The van der Waals surface area contributed by atoms with Gasteiger partial charge in [-0.2, -0.15) is 0 Å². The van der Waals surface area contributed by atoms with Gasteiger partial charge in [-0.25, -0.2) is 9.69 Å². The topological polar surface area (TPSA) is 104 Å². The summed E-state index contributed by atoms with van der Waals surface area (Å²) in [6, 6.07) is 7.49. The van der Waals surface area contributed by atoms with E-state index >= 15 is 0 Å². The van der Waals surface area contributed by atoms with Gasteiger partial charge < -0.3 is 10.4 Å². The molecule has 1 aromatic rings. The molecule has 23 heavy (non-hydrogen) atoms. The number of thioether (sulfide) groups is 1. The van der Waals surface area contributed by atoms with E-state index in [-0.39, 0.29) is 24.0 Å². The van der Waals surface area contributed by atoms with Crippen LogP contribution in [0.1, 0.15) is 13.3 Å². The van der Waals surface area contributed by atoms with Gasteiger partial charge >= 0.3 is 5.97 Å². The monoisotopic (exact) mass is 336 g/mol. The second-order valence-corrected chi connectivity index (χ2v) is 6.26. The molecule has 1 aliphatic heterocycles. The molecule has 0 aliphatic carbocycles. The van der Waals surface area contributed by atoms with Crippen molar-refractivity contribution in [2.24, 2.45) is 0 Å². The number of hydrogen-bond donors (Lipinski definition) is 2. The molecule has 122 valence electrons. The molecule has 7 nitrogen and oxygen atoms in total. The van der Waals surface area contributed by atoms with Crippen LogP contribution >= 0.6 is 11.8 Å². The third-order valence-corrected chi connectivity index (χ3v) is 4.56. The second kappa shape index (κ2) is 7.28. The lowest BCUT2D eigenvalue weighted by Crippen LogP contribution is -2.42. The number of imide groups is 1.